The Labute approximate surface area is 136 Å². The zero-order valence-corrected chi connectivity index (χ0v) is 14.1. The molecule has 0 aliphatic rings. The van der Waals surface area contributed by atoms with E-state index < -0.39 is 5.97 Å². The van der Waals surface area contributed by atoms with Crippen LogP contribution < -0.4 is 10.2 Å². The number of carbonyl (C=O) groups is 3. The minimum atomic E-state index is -0.391. The quantitative estimate of drug-likeness (QED) is 0.780. The molecule has 0 saturated heterocycles. The van der Waals surface area contributed by atoms with Gasteiger partial charge in [-0.2, -0.15) is 0 Å². The molecule has 0 unspecified atom stereocenters. The Kier molecular flexibility index (Phi) is 7.25. The van der Waals surface area contributed by atoms with E-state index in [0.717, 1.165) is 0 Å². The largest absolute Gasteiger partial charge is 0.462 e. The molecule has 1 aromatic rings. The van der Waals surface area contributed by atoms with Crippen molar-refractivity contribution in [2.75, 3.05) is 24.6 Å². The highest BCUT2D eigenvalue weighted by molar-refractivity contribution is 5.93. The molecule has 1 N–H and O–H groups in total. The molecule has 0 bridgehead atoms. The van der Waals surface area contributed by atoms with Gasteiger partial charge < -0.3 is 15.0 Å². The van der Waals surface area contributed by atoms with Crippen LogP contribution in [0.2, 0.25) is 0 Å². The maximum atomic E-state index is 11.8. The summed E-state index contributed by atoms with van der Waals surface area (Å²) in [5.74, 6) is -0.666. The number of anilines is 1. The van der Waals surface area contributed by atoms with Crippen LogP contribution in [0.15, 0.2) is 24.3 Å². The van der Waals surface area contributed by atoms with Crippen LogP contribution in [0.5, 0.6) is 0 Å². The molecule has 1 aromatic carbocycles. The molecule has 0 aromatic heterocycles. The number of nitrogens with zero attached hydrogens (tertiary/aromatic N) is 1. The smallest absolute Gasteiger partial charge is 0.338 e. The summed E-state index contributed by atoms with van der Waals surface area (Å²) >= 11 is 0. The summed E-state index contributed by atoms with van der Waals surface area (Å²) in [6.45, 7) is 7.88. The molecular formula is C17H24N2O4. The van der Waals surface area contributed by atoms with Crippen LogP contribution in [0.3, 0.4) is 0 Å². The van der Waals surface area contributed by atoms with E-state index in [1.807, 2.05) is 13.8 Å². The van der Waals surface area contributed by atoms with E-state index in [0.29, 0.717) is 30.9 Å². The standard InChI is InChI=1S/C17H24N2O4/c1-5-23-17(22)14-6-8-15(9-7-14)19(13(4)20)11-10-18-16(21)12(2)3/h6-9,12H,5,10-11H2,1-4H3,(H,18,21). The van der Waals surface area contributed by atoms with Crippen molar-refractivity contribution >= 4 is 23.5 Å². The molecule has 6 heteroatoms. The number of benzene rings is 1. The summed E-state index contributed by atoms with van der Waals surface area (Å²) in [6, 6.07) is 6.63. The molecule has 0 radical (unpaired) electrons. The monoisotopic (exact) mass is 320 g/mol. The van der Waals surface area contributed by atoms with E-state index in [1.54, 1.807) is 36.1 Å². The lowest BCUT2D eigenvalue weighted by Crippen LogP contribution is -2.38. The van der Waals surface area contributed by atoms with E-state index >= 15 is 0 Å². The minimum Gasteiger partial charge on any atom is -0.462 e. The van der Waals surface area contributed by atoms with E-state index in [9.17, 15) is 14.4 Å². The summed E-state index contributed by atoms with van der Waals surface area (Å²) in [6.07, 6.45) is 0. The average molecular weight is 320 g/mol. The fourth-order valence-electron chi connectivity index (χ4n) is 1.96. The SMILES string of the molecule is CCOC(=O)c1ccc(N(CCNC(=O)C(C)C)C(C)=O)cc1. The summed E-state index contributed by atoms with van der Waals surface area (Å²) in [7, 11) is 0. The number of nitrogens with one attached hydrogen (secondary N) is 1. The van der Waals surface area contributed by atoms with E-state index in [4.69, 9.17) is 4.74 Å². The first-order valence-corrected chi connectivity index (χ1v) is 7.69. The molecule has 0 aliphatic carbocycles. The summed E-state index contributed by atoms with van der Waals surface area (Å²) < 4.78 is 4.92. The van der Waals surface area contributed by atoms with Gasteiger partial charge in [-0.1, -0.05) is 13.8 Å². The Balaban J connectivity index is 2.72. The van der Waals surface area contributed by atoms with Crippen molar-refractivity contribution in [3.63, 3.8) is 0 Å². The maximum absolute atomic E-state index is 11.8. The van der Waals surface area contributed by atoms with E-state index in [2.05, 4.69) is 5.32 Å². The van der Waals surface area contributed by atoms with Gasteiger partial charge in [0.1, 0.15) is 0 Å². The normalized spacial score (nSPS) is 10.3. The second-order valence-electron chi connectivity index (χ2n) is 5.38. The highest BCUT2D eigenvalue weighted by Gasteiger charge is 2.14. The van der Waals surface area contributed by atoms with Gasteiger partial charge in [0.05, 0.1) is 12.2 Å². The fourth-order valence-corrected chi connectivity index (χ4v) is 1.96. The third-order valence-corrected chi connectivity index (χ3v) is 3.23. The predicted molar refractivity (Wildman–Crippen MR) is 88.3 cm³/mol. The van der Waals surface area contributed by atoms with Gasteiger partial charge in [-0.3, -0.25) is 9.59 Å². The summed E-state index contributed by atoms with van der Waals surface area (Å²) in [5, 5.41) is 2.78. The molecule has 2 amide bonds. The highest BCUT2D eigenvalue weighted by Crippen LogP contribution is 2.16. The minimum absolute atomic E-state index is 0.0499. The molecule has 1 rings (SSSR count). The van der Waals surface area contributed by atoms with Gasteiger partial charge in [-0.25, -0.2) is 4.79 Å². The molecule has 0 spiro atoms. The first-order valence-electron chi connectivity index (χ1n) is 7.69. The highest BCUT2D eigenvalue weighted by atomic mass is 16.5. The Bertz CT molecular complexity index is 552. The number of ether oxygens (including phenoxy) is 1. The van der Waals surface area contributed by atoms with E-state index in [-0.39, 0.29) is 17.7 Å². The van der Waals surface area contributed by atoms with Crippen molar-refractivity contribution < 1.29 is 19.1 Å². The Morgan fingerprint density at radius 2 is 1.78 bits per heavy atom. The molecule has 0 fully saturated rings. The molecule has 0 atom stereocenters. The molecule has 23 heavy (non-hydrogen) atoms. The molecule has 126 valence electrons. The number of hydrogen-bond donors (Lipinski definition) is 1. The van der Waals surface area contributed by atoms with Crippen LogP contribution >= 0.6 is 0 Å². The summed E-state index contributed by atoms with van der Waals surface area (Å²) in [5.41, 5.74) is 1.11. The van der Waals surface area contributed by atoms with Crippen molar-refractivity contribution in [3.8, 4) is 0 Å². The Hall–Kier alpha value is -2.37. The summed E-state index contributed by atoms with van der Waals surface area (Å²) in [4.78, 5) is 36.5. The van der Waals surface area contributed by atoms with Crippen LogP contribution in [-0.4, -0.2) is 37.5 Å². The number of amides is 2. The number of carbonyl (C=O) groups excluding carboxylic acids is 3. The van der Waals surface area contributed by atoms with Crippen LogP contribution in [0.4, 0.5) is 5.69 Å². The molecular weight excluding hydrogens is 296 g/mol. The Morgan fingerprint density at radius 1 is 1.17 bits per heavy atom. The van der Waals surface area contributed by atoms with Crippen LogP contribution in [0, 0.1) is 5.92 Å². The molecule has 0 aliphatic heterocycles. The van der Waals surface area contributed by atoms with Gasteiger partial charge >= 0.3 is 5.97 Å². The third-order valence-electron chi connectivity index (χ3n) is 3.23. The average Bonchev–Trinajstić information content (AvgIpc) is 2.51. The van der Waals surface area contributed by atoms with Gasteiger partial charge in [0.15, 0.2) is 0 Å². The first kappa shape index (κ1) is 18.7. The zero-order valence-electron chi connectivity index (χ0n) is 14.1. The molecule has 6 nitrogen and oxygen atoms in total. The topological polar surface area (TPSA) is 75.7 Å². The number of hydrogen-bond acceptors (Lipinski definition) is 4. The van der Waals surface area contributed by atoms with Crippen molar-refractivity contribution in [1.29, 1.82) is 0 Å². The van der Waals surface area contributed by atoms with Gasteiger partial charge in [-0.05, 0) is 31.2 Å². The van der Waals surface area contributed by atoms with Crippen LogP contribution in [-0.2, 0) is 14.3 Å². The number of esters is 1. The molecule has 0 heterocycles. The number of rotatable bonds is 7. The first-order chi connectivity index (χ1) is 10.9. The van der Waals surface area contributed by atoms with Gasteiger partial charge in [0, 0.05) is 31.6 Å². The van der Waals surface area contributed by atoms with Gasteiger partial charge in [0.25, 0.3) is 0 Å². The Morgan fingerprint density at radius 3 is 2.26 bits per heavy atom. The predicted octanol–water partition coefficient (Wildman–Crippen LogP) is 1.99. The van der Waals surface area contributed by atoms with Crippen molar-refractivity contribution in [2.45, 2.75) is 27.7 Å². The second-order valence-corrected chi connectivity index (χ2v) is 5.38. The van der Waals surface area contributed by atoms with Gasteiger partial charge in [-0.15, -0.1) is 0 Å². The van der Waals surface area contributed by atoms with E-state index in [1.165, 1.54) is 6.92 Å². The van der Waals surface area contributed by atoms with Crippen molar-refractivity contribution in [1.82, 2.24) is 5.32 Å². The van der Waals surface area contributed by atoms with Crippen LogP contribution in [0.1, 0.15) is 38.1 Å². The lowest BCUT2D eigenvalue weighted by Gasteiger charge is -2.22. The zero-order chi connectivity index (χ0) is 17.4. The van der Waals surface area contributed by atoms with Crippen LogP contribution in [0.25, 0.3) is 0 Å². The molecule has 0 saturated carbocycles. The van der Waals surface area contributed by atoms with Crippen molar-refractivity contribution in [3.05, 3.63) is 29.8 Å². The third kappa shape index (κ3) is 5.73. The van der Waals surface area contributed by atoms with Crippen molar-refractivity contribution in [2.24, 2.45) is 5.92 Å². The van der Waals surface area contributed by atoms with Gasteiger partial charge in [0.2, 0.25) is 11.8 Å². The lowest BCUT2D eigenvalue weighted by molar-refractivity contribution is -0.124. The second kappa shape index (κ2) is 8.92. The maximum Gasteiger partial charge on any atom is 0.338 e. The fraction of sp³-hybridized carbons (Fsp3) is 0.471. The lowest BCUT2D eigenvalue weighted by atomic mass is 10.2.